The minimum absolute atomic E-state index is 0.584. The molecule has 1 N–H and O–H groups in total. The molecule has 0 aromatic carbocycles. The summed E-state index contributed by atoms with van der Waals surface area (Å²) in [6, 6.07) is 4.08. The van der Waals surface area contributed by atoms with Crippen LogP contribution in [0.25, 0.3) is 11.4 Å². The van der Waals surface area contributed by atoms with Crippen molar-refractivity contribution in [2.75, 3.05) is 11.9 Å². The molecule has 0 unspecified atom stereocenters. The lowest BCUT2D eigenvalue weighted by molar-refractivity contribution is 0.535. The second kappa shape index (κ2) is 6.29. The lowest BCUT2D eigenvalue weighted by Gasteiger charge is -2.13. The van der Waals surface area contributed by atoms with Crippen molar-refractivity contribution in [2.24, 2.45) is 0 Å². The Morgan fingerprint density at radius 2 is 2.10 bits per heavy atom. The maximum Gasteiger partial charge on any atom is 0.165 e. The highest BCUT2D eigenvalue weighted by Gasteiger charge is 2.21. The number of rotatable bonds is 5. The van der Waals surface area contributed by atoms with Crippen molar-refractivity contribution >= 4 is 5.82 Å². The standard InChI is InChI=1S/C17H23N3O/c1-3-9-18-16-11-15(13-6-4-5-7-13)19-17(20-16)14-8-10-21-12(14)2/h8,10-11,13H,3-7,9H2,1-2H3,(H,18,19,20). The first-order valence-corrected chi connectivity index (χ1v) is 7.95. The van der Waals surface area contributed by atoms with Gasteiger partial charge in [0.25, 0.3) is 0 Å². The van der Waals surface area contributed by atoms with Crippen molar-refractivity contribution in [1.29, 1.82) is 0 Å². The molecule has 0 atom stereocenters. The lowest BCUT2D eigenvalue weighted by atomic mass is 10.0. The van der Waals surface area contributed by atoms with Gasteiger partial charge in [-0.15, -0.1) is 0 Å². The summed E-state index contributed by atoms with van der Waals surface area (Å²) >= 11 is 0. The molecule has 21 heavy (non-hydrogen) atoms. The van der Waals surface area contributed by atoms with Crippen LogP contribution in [0, 0.1) is 6.92 Å². The van der Waals surface area contributed by atoms with Gasteiger partial charge in [0.15, 0.2) is 5.82 Å². The monoisotopic (exact) mass is 285 g/mol. The molecule has 0 amide bonds. The van der Waals surface area contributed by atoms with Crippen LogP contribution in [0.5, 0.6) is 0 Å². The molecule has 0 aliphatic heterocycles. The quantitative estimate of drug-likeness (QED) is 0.877. The largest absolute Gasteiger partial charge is 0.469 e. The van der Waals surface area contributed by atoms with E-state index in [0.717, 1.165) is 35.9 Å². The number of nitrogens with one attached hydrogen (secondary N) is 1. The van der Waals surface area contributed by atoms with Gasteiger partial charge in [-0.1, -0.05) is 19.8 Å². The molecule has 1 fully saturated rings. The number of furan rings is 1. The maximum atomic E-state index is 5.40. The second-order valence-corrected chi connectivity index (χ2v) is 5.80. The average Bonchev–Trinajstić information content (AvgIpc) is 3.16. The molecule has 112 valence electrons. The van der Waals surface area contributed by atoms with Gasteiger partial charge < -0.3 is 9.73 Å². The van der Waals surface area contributed by atoms with Crippen molar-refractivity contribution in [3.63, 3.8) is 0 Å². The van der Waals surface area contributed by atoms with Crippen molar-refractivity contribution in [3.05, 3.63) is 29.9 Å². The van der Waals surface area contributed by atoms with E-state index in [1.165, 1.54) is 31.4 Å². The van der Waals surface area contributed by atoms with E-state index >= 15 is 0 Å². The predicted octanol–water partition coefficient (Wildman–Crippen LogP) is 4.52. The van der Waals surface area contributed by atoms with E-state index < -0.39 is 0 Å². The van der Waals surface area contributed by atoms with E-state index in [4.69, 9.17) is 9.40 Å². The normalized spacial score (nSPS) is 15.5. The summed E-state index contributed by atoms with van der Waals surface area (Å²) in [5.41, 5.74) is 2.17. The van der Waals surface area contributed by atoms with Crippen LogP contribution in [0.3, 0.4) is 0 Å². The Labute approximate surface area is 126 Å². The van der Waals surface area contributed by atoms with Crippen molar-refractivity contribution < 1.29 is 4.42 Å². The Hall–Kier alpha value is -1.84. The Bertz CT molecular complexity index is 600. The van der Waals surface area contributed by atoms with Gasteiger partial charge in [-0.05, 0) is 32.3 Å². The summed E-state index contributed by atoms with van der Waals surface area (Å²) in [6.07, 6.45) is 7.90. The third-order valence-corrected chi connectivity index (χ3v) is 4.18. The molecular formula is C17H23N3O. The molecule has 1 saturated carbocycles. The molecular weight excluding hydrogens is 262 g/mol. The first-order valence-electron chi connectivity index (χ1n) is 7.95. The number of hydrogen-bond donors (Lipinski definition) is 1. The van der Waals surface area contributed by atoms with Crippen LogP contribution < -0.4 is 5.32 Å². The minimum Gasteiger partial charge on any atom is -0.469 e. The van der Waals surface area contributed by atoms with Gasteiger partial charge >= 0.3 is 0 Å². The van der Waals surface area contributed by atoms with E-state index in [9.17, 15) is 0 Å². The van der Waals surface area contributed by atoms with Crippen LogP contribution in [0.15, 0.2) is 22.8 Å². The highest BCUT2D eigenvalue weighted by Crippen LogP contribution is 2.35. The van der Waals surface area contributed by atoms with Crippen LogP contribution >= 0.6 is 0 Å². The van der Waals surface area contributed by atoms with E-state index in [0.29, 0.717) is 5.92 Å². The van der Waals surface area contributed by atoms with E-state index in [1.54, 1.807) is 6.26 Å². The Morgan fingerprint density at radius 1 is 1.29 bits per heavy atom. The zero-order valence-corrected chi connectivity index (χ0v) is 12.9. The zero-order chi connectivity index (χ0) is 14.7. The molecule has 3 rings (SSSR count). The fourth-order valence-corrected chi connectivity index (χ4v) is 2.98. The number of aromatic nitrogens is 2. The zero-order valence-electron chi connectivity index (χ0n) is 12.9. The third kappa shape index (κ3) is 3.09. The summed E-state index contributed by atoms with van der Waals surface area (Å²) in [4.78, 5) is 9.48. The summed E-state index contributed by atoms with van der Waals surface area (Å²) in [7, 11) is 0. The van der Waals surface area contributed by atoms with Crippen LogP contribution in [-0.2, 0) is 0 Å². The molecule has 0 radical (unpaired) electrons. The van der Waals surface area contributed by atoms with Crippen LogP contribution in [0.4, 0.5) is 5.82 Å². The molecule has 2 heterocycles. The van der Waals surface area contributed by atoms with Gasteiger partial charge in [-0.2, -0.15) is 0 Å². The van der Waals surface area contributed by atoms with Gasteiger partial charge in [0.05, 0.1) is 11.8 Å². The van der Waals surface area contributed by atoms with Crippen LogP contribution in [0.1, 0.15) is 56.4 Å². The first-order chi connectivity index (χ1) is 10.3. The van der Waals surface area contributed by atoms with Crippen LogP contribution in [-0.4, -0.2) is 16.5 Å². The second-order valence-electron chi connectivity index (χ2n) is 5.80. The number of hydrogen-bond acceptors (Lipinski definition) is 4. The average molecular weight is 285 g/mol. The molecule has 1 aliphatic carbocycles. The van der Waals surface area contributed by atoms with E-state index in [-0.39, 0.29) is 0 Å². The fraction of sp³-hybridized carbons (Fsp3) is 0.529. The third-order valence-electron chi connectivity index (χ3n) is 4.18. The van der Waals surface area contributed by atoms with Crippen LogP contribution in [0.2, 0.25) is 0 Å². The minimum atomic E-state index is 0.584. The maximum absolute atomic E-state index is 5.40. The molecule has 0 spiro atoms. The summed E-state index contributed by atoms with van der Waals surface area (Å²) in [5, 5.41) is 3.40. The van der Waals surface area contributed by atoms with Gasteiger partial charge in [0.1, 0.15) is 11.6 Å². The van der Waals surface area contributed by atoms with Gasteiger partial charge in [-0.25, -0.2) is 9.97 Å². The highest BCUT2D eigenvalue weighted by atomic mass is 16.3. The molecule has 0 bridgehead atoms. The predicted molar refractivity (Wildman–Crippen MR) is 84.5 cm³/mol. The molecule has 2 aromatic heterocycles. The van der Waals surface area contributed by atoms with Crippen molar-refractivity contribution in [2.45, 2.75) is 51.9 Å². The topological polar surface area (TPSA) is 51.0 Å². The lowest BCUT2D eigenvalue weighted by Crippen LogP contribution is -2.07. The number of aryl methyl sites for hydroxylation is 1. The SMILES string of the molecule is CCCNc1cc(C2CCCC2)nc(-c2ccoc2C)n1. The summed E-state index contributed by atoms with van der Waals surface area (Å²) in [5.74, 6) is 3.18. The van der Waals surface area contributed by atoms with Gasteiger partial charge in [-0.3, -0.25) is 0 Å². The van der Waals surface area contributed by atoms with E-state index in [1.807, 2.05) is 13.0 Å². The van der Waals surface area contributed by atoms with Gasteiger partial charge in [0.2, 0.25) is 0 Å². The Balaban J connectivity index is 1.98. The molecule has 4 nitrogen and oxygen atoms in total. The molecule has 2 aromatic rings. The van der Waals surface area contributed by atoms with Crippen molar-refractivity contribution in [3.8, 4) is 11.4 Å². The van der Waals surface area contributed by atoms with E-state index in [2.05, 4.69) is 23.3 Å². The number of anilines is 1. The first kappa shape index (κ1) is 14.1. The smallest absolute Gasteiger partial charge is 0.165 e. The number of nitrogens with zero attached hydrogens (tertiary/aromatic N) is 2. The molecule has 4 heteroatoms. The van der Waals surface area contributed by atoms with Crippen molar-refractivity contribution in [1.82, 2.24) is 9.97 Å². The molecule has 1 aliphatic rings. The highest BCUT2D eigenvalue weighted by molar-refractivity contribution is 5.59. The Kier molecular flexibility index (Phi) is 4.23. The summed E-state index contributed by atoms with van der Waals surface area (Å²) in [6.45, 7) is 5.05. The molecule has 0 saturated heterocycles. The van der Waals surface area contributed by atoms with Gasteiger partial charge in [0, 0.05) is 24.2 Å². The Morgan fingerprint density at radius 3 is 2.76 bits per heavy atom. The fourth-order valence-electron chi connectivity index (χ4n) is 2.98. The summed E-state index contributed by atoms with van der Waals surface area (Å²) < 4.78 is 5.40.